The SMILES string of the molecule is N=Cc1cc(-c2nccc(CC(N)=O)c2C(F)(F)F)ccc1N. The molecule has 0 saturated heterocycles. The molecule has 0 radical (unpaired) electrons. The summed E-state index contributed by atoms with van der Waals surface area (Å²) in [6.07, 6.45) is -3.12. The summed E-state index contributed by atoms with van der Waals surface area (Å²) in [5.74, 6) is -0.870. The van der Waals surface area contributed by atoms with Crippen LogP contribution in [0.2, 0.25) is 0 Å². The molecule has 5 N–H and O–H groups in total. The Morgan fingerprint density at radius 3 is 2.57 bits per heavy atom. The summed E-state index contributed by atoms with van der Waals surface area (Å²) in [7, 11) is 0. The number of benzene rings is 1. The average Bonchev–Trinajstić information content (AvgIpc) is 2.45. The summed E-state index contributed by atoms with van der Waals surface area (Å²) in [5, 5.41) is 7.25. The number of amides is 1. The largest absolute Gasteiger partial charge is 0.418 e. The number of primary amides is 1. The van der Waals surface area contributed by atoms with Crippen molar-refractivity contribution in [2.45, 2.75) is 12.6 Å². The van der Waals surface area contributed by atoms with Gasteiger partial charge in [0.25, 0.3) is 0 Å². The van der Waals surface area contributed by atoms with Crippen LogP contribution in [0.3, 0.4) is 0 Å². The molecule has 120 valence electrons. The first kappa shape index (κ1) is 16.5. The predicted octanol–water partition coefficient (Wildman–Crippen LogP) is 2.38. The highest BCUT2D eigenvalue weighted by atomic mass is 19.4. The van der Waals surface area contributed by atoms with Crippen LogP contribution in [0.15, 0.2) is 30.5 Å². The minimum absolute atomic E-state index is 0.149. The maximum Gasteiger partial charge on any atom is 0.418 e. The number of hydrogen-bond acceptors (Lipinski definition) is 4. The number of halogens is 3. The fourth-order valence-electron chi connectivity index (χ4n) is 2.22. The van der Waals surface area contributed by atoms with Crippen LogP contribution in [0.25, 0.3) is 11.3 Å². The number of nitrogen functional groups attached to an aromatic ring is 1. The quantitative estimate of drug-likeness (QED) is 0.594. The third-order valence-electron chi connectivity index (χ3n) is 3.20. The van der Waals surface area contributed by atoms with Crippen LogP contribution < -0.4 is 11.5 Å². The molecule has 1 aromatic carbocycles. The molecule has 2 aromatic rings. The van der Waals surface area contributed by atoms with Gasteiger partial charge in [-0.2, -0.15) is 13.2 Å². The zero-order valence-corrected chi connectivity index (χ0v) is 11.8. The van der Waals surface area contributed by atoms with Crippen molar-refractivity contribution in [2.24, 2.45) is 5.73 Å². The van der Waals surface area contributed by atoms with Gasteiger partial charge in [0.1, 0.15) is 0 Å². The number of hydrogen-bond donors (Lipinski definition) is 3. The van der Waals surface area contributed by atoms with Gasteiger partial charge in [-0.1, -0.05) is 6.07 Å². The first-order valence-corrected chi connectivity index (χ1v) is 6.47. The number of nitrogens with two attached hydrogens (primary N) is 2. The van der Waals surface area contributed by atoms with Crippen molar-refractivity contribution in [1.82, 2.24) is 4.98 Å². The van der Waals surface area contributed by atoms with Crippen LogP contribution in [0.4, 0.5) is 18.9 Å². The Morgan fingerprint density at radius 2 is 2.00 bits per heavy atom. The molecule has 0 aliphatic carbocycles. The average molecular weight is 322 g/mol. The second-order valence-electron chi connectivity index (χ2n) is 4.82. The topological polar surface area (TPSA) is 106 Å². The van der Waals surface area contributed by atoms with Crippen LogP contribution in [-0.2, 0) is 17.4 Å². The molecule has 0 aliphatic rings. The van der Waals surface area contributed by atoms with E-state index in [0.29, 0.717) is 0 Å². The van der Waals surface area contributed by atoms with E-state index in [1.165, 1.54) is 24.4 Å². The number of rotatable bonds is 4. The first-order valence-electron chi connectivity index (χ1n) is 6.47. The van der Waals surface area contributed by atoms with Crippen molar-refractivity contribution in [3.63, 3.8) is 0 Å². The summed E-state index contributed by atoms with van der Waals surface area (Å²) in [6.45, 7) is 0. The van der Waals surface area contributed by atoms with Gasteiger partial charge in [-0.15, -0.1) is 0 Å². The van der Waals surface area contributed by atoms with Gasteiger partial charge in [-0.05, 0) is 23.8 Å². The highest BCUT2D eigenvalue weighted by molar-refractivity contribution is 5.88. The summed E-state index contributed by atoms with van der Waals surface area (Å²) >= 11 is 0. The van der Waals surface area contributed by atoms with Crippen molar-refractivity contribution in [3.8, 4) is 11.3 Å². The van der Waals surface area contributed by atoms with Crippen molar-refractivity contribution in [3.05, 3.63) is 47.2 Å². The molecule has 0 unspecified atom stereocenters. The van der Waals surface area contributed by atoms with Gasteiger partial charge in [-0.25, -0.2) is 0 Å². The van der Waals surface area contributed by atoms with E-state index in [1.807, 2.05) is 0 Å². The monoisotopic (exact) mass is 322 g/mol. The van der Waals surface area contributed by atoms with E-state index in [9.17, 15) is 18.0 Å². The Kier molecular flexibility index (Phi) is 4.35. The maximum atomic E-state index is 13.4. The van der Waals surface area contributed by atoms with Crippen LogP contribution in [-0.4, -0.2) is 17.1 Å². The molecule has 1 aromatic heterocycles. The predicted molar refractivity (Wildman–Crippen MR) is 79.9 cm³/mol. The standard InChI is InChI=1S/C15H13F3N4O/c16-15(17,18)13-8(6-12(21)23)3-4-22-14(13)9-1-2-11(20)10(5-9)7-19/h1-5,7,19H,6,20H2,(H2,21,23). The number of alkyl halides is 3. The van der Waals surface area contributed by atoms with Crippen LogP contribution in [0.1, 0.15) is 16.7 Å². The molecule has 1 heterocycles. The van der Waals surface area contributed by atoms with E-state index in [2.05, 4.69) is 4.98 Å². The van der Waals surface area contributed by atoms with Gasteiger partial charge in [0.05, 0.1) is 17.7 Å². The Balaban J connectivity index is 2.71. The van der Waals surface area contributed by atoms with Gasteiger partial charge in [0.15, 0.2) is 0 Å². The number of carbonyl (C=O) groups excluding carboxylic acids is 1. The lowest BCUT2D eigenvalue weighted by Gasteiger charge is -2.16. The van der Waals surface area contributed by atoms with Gasteiger partial charge < -0.3 is 16.9 Å². The number of nitrogens with zero attached hydrogens (tertiary/aromatic N) is 1. The molecule has 5 nitrogen and oxygen atoms in total. The van der Waals surface area contributed by atoms with E-state index in [0.717, 1.165) is 12.3 Å². The number of pyridine rings is 1. The Hall–Kier alpha value is -2.90. The summed E-state index contributed by atoms with van der Waals surface area (Å²) in [4.78, 5) is 14.8. The Labute approximate surface area is 129 Å². The summed E-state index contributed by atoms with van der Waals surface area (Å²) < 4.78 is 40.3. The van der Waals surface area contributed by atoms with Crippen molar-refractivity contribution in [1.29, 1.82) is 5.41 Å². The van der Waals surface area contributed by atoms with Gasteiger partial charge >= 0.3 is 6.18 Å². The van der Waals surface area contributed by atoms with E-state index < -0.39 is 24.1 Å². The molecule has 0 spiro atoms. The van der Waals surface area contributed by atoms with Gasteiger partial charge in [0, 0.05) is 29.2 Å². The Bertz CT molecular complexity index is 772. The molecule has 0 saturated carbocycles. The molecule has 2 rings (SSSR count). The number of carbonyl (C=O) groups is 1. The van der Waals surface area contributed by atoms with E-state index in [1.54, 1.807) is 0 Å². The molecule has 1 amide bonds. The number of aromatic nitrogens is 1. The lowest BCUT2D eigenvalue weighted by molar-refractivity contribution is -0.138. The van der Waals surface area contributed by atoms with Crippen LogP contribution >= 0.6 is 0 Å². The maximum absolute atomic E-state index is 13.4. The highest BCUT2D eigenvalue weighted by Crippen LogP contribution is 2.38. The molecule has 8 heteroatoms. The molecule has 0 atom stereocenters. The molecule has 0 aliphatic heterocycles. The summed E-state index contributed by atoms with van der Waals surface area (Å²) in [5.41, 5.74) is 9.76. The van der Waals surface area contributed by atoms with Crippen LogP contribution in [0, 0.1) is 5.41 Å². The lowest BCUT2D eigenvalue weighted by Crippen LogP contribution is -2.19. The smallest absolute Gasteiger partial charge is 0.398 e. The molecular weight excluding hydrogens is 309 g/mol. The zero-order chi connectivity index (χ0) is 17.2. The second-order valence-corrected chi connectivity index (χ2v) is 4.82. The molecule has 0 bridgehead atoms. The van der Waals surface area contributed by atoms with E-state index in [4.69, 9.17) is 16.9 Å². The number of nitrogens with one attached hydrogen (secondary N) is 1. The second kappa shape index (κ2) is 6.07. The first-order chi connectivity index (χ1) is 10.7. The number of anilines is 1. The van der Waals surface area contributed by atoms with E-state index in [-0.39, 0.29) is 28.1 Å². The van der Waals surface area contributed by atoms with Crippen molar-refractivity contribution < 1.29 is 18.0 Å². The minimum atomic E-state index is -4.71. The summed E-state index contributed by atoms with van der Waals surface area (Å²) in [6, 6.07) is 5.24. The minimum Gasteiger partial charge on any atom is -0.398 e. The highest BCUT2D eigenvalue weighted by Gasteiger charge is 2.37. The Morgan fingerprint density at radius 1 is 1.30 bits per heavy atom. The normalized spacial score (nSPS) is 11.3. The van der Waals surface area contributed by atoms with Crippen LogP contribution in [0.5, 0.6) is 0 Å². The molecule has 23 heavy (non-hydrogen) atoms. The molecule has 0 fully saturated rings. The fourth-order valence-corrected chi connectivity index (χ4v) is 2.22. The van der Waals surface area contributed by atoms with Gasteiger partial charge in [-0.3, -0.25) is 9.78 Å². The van der Waals surface area contributed by atoms with Crippen molar-refractivity contribution >= 4 is 17.8 Å². The third kappa shape index (κ3) is 3.47. The zero-order valence-electron chi connectivity index (χ0n) is 11.8. The lowest BCUT2D eigenvalue weighted by atomic mass is 9.97. The fraction of sp³-hybridized carbons (Fsp3) is 0.133. The van der Waals surface area contributed by atoms with Gasteiger partial charge in [0.2, 0.25) is 5.91 Å². The van der Waals surface area contributed by atoms with E-state index >= 15 is 0 Å². The third-order valence-corrected chi connectivity index (χ3v) is 3.20. The van der Waals surface area contributed by atoms with Crippen molar-refractivity contribution in [2.75, 3.05) is 5.73 Å². The molecular formula is C15H13F3N4O.